The largest absolute Gasteiger partial charge is 0.300 e. The fourth-order valence-electron chi connectivity index (χ4n) is 3.27. The Bertz CT molecular complexity index is 725. The molecule has 0 aromatic heterocycles. The number of anilines is 1. The molecule has 0 bridgehead atoms. The number of carbonyl (C=O) groups excluding carboxylic acids is 2. The molecule has 2 atom stereocenters. The van der Waals surface area contributed by atoms with E-state index in [9.17, 15) is 29.8 Å². The molecule has 1 N–H and O–H groups in total. The van der Waals surface area contributed by atoms with Gasteiger partial charge >= 0.3 is 5.69 Å². The summed E-state index contributed by atoms with van der Waals surface area (Å²) < 4.78 is 0. The normalized spacial score (nSPS) is 23.1. The molecule has 2 fully saturated rings. The highest BCUT2D eigenvalue weighted by Crippen LogP contribution is 2.39. The molecule has 1 heterocycles. The van der Waals surface area contributed by atoms with Crippen LogP contribution in [0.5, 0.6) is 0 Å². The lowest BCUT2D eigenvalue weighted by atomic mass is 9.81. The van der Waals surface area contributed by atoms with Gasteiger partial charge in [0.1, 0.15) is 5.69 Å². The molecule has 10 heteroatoms. The van der Waals surface area contributed by atoms with Crippen molar-refractivity contribution in [2.24, 2.45) is 11.8 Å². The predicted octanol–water partition coefficient (Wildman–Crippen LogP) is 2.01. The average Bonchev–Trinajstić information content (AvgIpc) is 2.80. The van der Waals surface area contributed by atoms with Gasteiger partial charge in [-0.2, -0.15) is 5.01 Å². The van der Waals surface area contributed by atoms with Crippen LogP contribution in [0.2, 0.25) is 0 Å². The van der Waals surface area contributed by atoms with Crippen molar-refractivity contribution in [2.45, 2.75) is 25.7 Å². The number of imide groups is 1. The van der Waals surface area contributed by atoms with E-state index in [0.717, 1.165) is 36.0 Å². The van der Waals surface area contributed by atoms with Crippen LogP contribution < -0.4 is 5.43 Å². The van der Waals surface area contributed by atoms with Crippen LogP contribution in [0.4, 0.5) is 17.1 Å². The van der Waals surface area contributed by atoms with Gasteiger partial charge in [0, 0.05) is 6.07 Å². The van der Waals surface area contributed by atoms with Crippen molar-refractivity contribution in [3.63, 3.8) is 0 Å². The molecule has 1 saturated carbocycles. The fourth-order valence-corrected chi connectivity index (χ4v) is 3.27. The Morgan fingerprint density at radius 2 is 1.58 bits per heavy atom. The first-order valence-electron chi connectivity index (χ1n) is 7.47. The fraction of sp³-hybridized carbons (Fsp3) is 0.429. The smallest absolute Gasteiger partial charge is 0.282 e. The highest BCUT2D eigenvalue weighted by atomic mass is 16.6. The molecule has 2 unspecified atom stereocenters. The van der Waals surface area contributed by atoms with Crippen molar-refractivity contribution in [3.05, 3.63) is 38.4 Å². The first-order valence-corrected chi connectivity index (χ1v) is 7.47. The minimum absolute atomic E-state index is 0.133. The molecule has 2 aliphatic rings. The van der Waals surface area contributed by atoms with Gasteiger partial charge in [0.25, 0.3) is 17.5 Å². The van der Waals surface area contributed by atoms with Gasteiger partial charge in [-0.1, -0.05) is 12.8 Å². The molecule has 0 spiro atoms. The predicted molar refractivity (Wildman–Crippen MR) is 80.7 cm³/mol. The summed E-state index contributed by atoms with van der Waals surface area (Å²) in [6.45, 7) is 0. The van der Waals surface area contributed by atoms with Crippen molar-refractivity contribution < 1.29 is 19.4 Å². The first-order chi connectivity index (χ1) is 11.4. The second-order valence-electron chi connectivity index (χ2n) is 5.84. The number of hydrogen-bond donors (Lipinski definition) is 1. The third-order valence-electron chi connectivity index (χ3n) is 4.46. The third kappa shape index (κ3) is 2.55. The van der Waals surface area contributed by atoms with Gasteiger partial charge in [-0.3, -0.25) is 35.2 Å². The minimum Gasteiger partial charge on any atom is -0.282 e. The number of nitro benzene ring substituents is 2. The molecule has 1 aromatic carbocycles. The summed E-state index contributed by atoms with van der Waals surface area (Å²) in [7, 11) is 0. The molecule has 1 aliphatic carbocycles. The summed E-state index contributed by atoms with van der Waals surface area (Å²) in [5, 5.41) is 22.7. The van der Waals surface area contributed by atoms with Crippen LogP contribution in [0, 0.1) is 32.1 Å². The van der Waals surface area contributed by atoms with Crippen LogP contribution in [0.1, 0.15) is 25.7 Å². The topological polar surface area (TPSA) is 136 Å². The quantitative estimate of drug-likeness (QED) is 0.505. The maximum atomic E-state index is 12.4. The molecule has 1 aliphatic heterocycles. The highest BCUT2D eigenvalue weighted by Gasteiger charge is 2.49. The third-order valence-corrected chi connectivity index (χ3v) is 4.46. The lowest BCUT2D eigenvalue weighted by Gasteiger charge is -2.19. The standard InChI is InChI=1S/C14H14N4O6/c19-13-9-3-1-2-4-10(9)14(20)16(13)15-11-6-5-8(17(21)22)7-12(11)18(23)24/h5-7,9-10,15H,1-4H2. The highest BCUT2D eigenvalue weighted by molar-refractivity contribution is 6.06. The Hall–Kier alpha value is -3.04. The second-order valence-corrected chi connectivity index (χ2v) is 5.84. The van der Waals surface area contributed by atoms with Crippen LogP contribution in [0.3, 0.4) is 0 Å². The SMILES string of the molecule is O=C1C2CCCCC2C(=O)N1Nc1ccc([N+](=O)[O-])cc1[N+](=O)[O-]. The van der Waals surface area contributed by atoms with Crippen LogP contribution in [0.15, 0.2) is 18.2 Å². The van der Waals surface area contributed by atoms with E-state index < -0.39 is 44.9 Å². The number of carbonyl (C=O) groups is 2. The number of benzene rings is 1. The van der Waals surface area contributed by atoms with Gasteiger partial charge in [-0.05, 0) is 18.9 Å². The zero-order valence-corrected chi connectivity index (χ0v) is 12.5. The van der Waals surface area contributed by atoms with Crippen LogP contribution in [-0.4, -0.2) is 26.7 Å². The molecule has 2 amide bonds. The lowest BCUT2D eigenvalue weighted by molar-refractivity contribution is -0.393. The van der Waals surface area contributed by atoms with Gasteiger partial charge < -0.3 is 0 Å². The number of nitrogens with zero attached hydrogens (tertiary/aromatic N) is 3. The van der Waals surface area contributed by atoms with E-state index in [-0.39, 0.29) is 5.69 Å². The monoisotopic (exact) mass is 334 g/mol. The van der Waals surface area contributed by atoms with Crippen LogP contribution in [-0.2, 0) is 9.59 Å². The Kier molecular flexibility index (Phi) is 3.87. The van der Waals surface area contributed by atoms with Gasteiger partial charge in [0.05, 0.1) is 27.7 Å². The van der Waals surface area contributed by atoms with E-state index in [2.05, 4.69) is 5.43 Å². The van der Waals surface area contributed by atoms with Gasteiger partial charge in [0.2, 0.25) is 0 Å². The Morgan fingerprint density at radius 3 is 2.08 bits per heavy atom. The summed E-state index contributed by atoms with van der Waals surface area (Å²) in [6.07, 6.45) is 2.98. The number of non-ortho nitro benzene ring substituents is 1. The van der Waals surface area contributed by atoms with Gasteiger partial charge in [-0.25, -0.2) is 0 Å². The number of rotatable bonds is 4. The maximum absolute atomic E-state index is 12.4. The molecular formula is C14H14N4O6. The molecule has 126 valence electrons. The summed E-state index contributed by atoms with van der Waals surface area (Å²) >= 11 is 0. The zero-order valence-electron chi connectivity index (χ0n) is 12.5. The van der Waals surface area contributed by atoms with Gasteiger partial charge in [0.15, 0.2) is 0 Å². The Morgan fingerprint density at radius 1 is 1.00 bits per heavy atom. The number of hydrogen-bond acceptors (Lipinski definition) is 7. The number of hydrazine groups is 1. The summed E-state index contributed by atoms with van der Waals surface area (Å²) in [6, 6.07) is 2.99. The number of amides is 2. The first kappa shape index (κ1) is 15.8. The maximum Gasteiger partial charge on any atom is 0.300 e. The van der Waals surface area contributed by atoms with Crippen molar-refractivity contribution in [1.82, 2.24) is 5.01 Å². The van der Waals surface area contributed by atoms with Crippen molar-refractivity contribution in [1.29, 1.82) is 0 Å². The zero-order chi connectivity index (χ0) is 17.4. The summed E-state index contributed by atoms with van der Waals surface area (Å²) in [5.74, 6) is -1.60. The molecule has 24 heavy (non-hydrogen) atoms. The molecular weight excluding hydrogens is 320 g/mol. The van der Waals surface area contributed by atoms with E-state index in [1.165, 1.54) is 0 Å². The van der Waals surface area contributed by atoms with Crippen molar-refractivity contribution >= 4 is 28.9 Å². The lowest BCUT2D eigenvalue weighted by Crippen LogP contribution is -2.36. The number of nitrogens with one attached hydrogen (secondary N) is 1. The average molecular weight is 334 g/mol. The minimum atomic E-state index is -0.798. The number of nitro groups is 2. The van der Waals surface area contributed by atoms with E-state index in [1.54, 1.807) is 0 Å². The molecule has 10 nitrogen and oxygen atoms in total. The van der Waals surface area contributed by atoms with Crippen molar-refractivity contribution in [2.75, 3.05) is 5.43 Å². The molecule has 3 rings (SSSR count). The van der Waals surface area contributed by atoms with Crippen LogP contribution >= 0.6 is 0 Å². The Labute approximate surface area is 135 Å². The summed E-state index contributed by atoms with van der Waals surface area (Å²) in [4.78, 5) is 45.1. The summed E-state index contributed by atoms with van der Waals surface area (Å²) in [5.41, 5.74) is 1.34. The van der Waals surface area contributed by atoms with Gasteiger partial charge in [-0.15, -0.1) is 0 Å². The molecule has 1 saturated heterocycles. The Balaban J connectivity index is 1.90. The number of fused-ring (bicyclic) bond motifs is 1. The van der Waals surface area contributed by atoms with E-state index in [1.807, 2.05) is 0 Å². The van der Waals surface area contributed by atoms with E-state index in [4.69, 9.17) is 0 Å². The van der Waals surface area contributed by atoms with E-state index in [0.29, 0.717) is 12.8 Å². The molecule has 1 aromatic rings. The van der Waals surface area contributed by atoms with E-state index >= 15 is 0 Å². The van der Waals surface area contributed by atoms with Crippen molar-refractivity contribution in [3.8, 4) is 0 Å². The second kappa shape index (κ2) is 5.87. The molecule has 0 radical (unpaired) electrons. The van der Waals surface area contributed by atoms with Crippen LogP contribution in [0.25, 0.3) is 0 Å².